The fourth-order valence-corrected chi connectivity index (χ4v) is 4.57. The van der Waals surface area contributed by atoms with Gasteiger partial charge in [0.05, 0.1) is 19.1 Å². The van der Waals surface area contributed by atoms with Crippen LogP contribution in [0.15, 0.2) is 30.9 Å². The molecule has 1 aromatic rings. The SMILES string of the molecule is C=CCN1CCCC2C(=O)N3c4ccc(OC)cc4CC3C21. The molecule has 0 N–H and O–H groups in total. The van der Waals surface area contributed by atoms with Gasteiger partial charge in [0.1, 0.15) is 5.75 Å². The second-order valence-corrected chi connectivity index (χ2v) is 6.50. The van der Waals surface area contributed by atoms with Crippen molar-refractivity contribution in [3.8, 4) is 5.75 Å². The summed E-state index contributed by atoms with van der Waals surface area (Å²) in [6.07, 6.45) is 5.03. The van der Waals surface area contributed by atoms with Crippen molar-refractivity contribution in [3.05, 3.63) is 36.4 Å². The molecule has 4 rings (SSSR count). The molecule has 22 heavy (non-hydrogen) atoms. The van der Waals surface area contributed by atoms with Crippen molar-refractivity contribution in [2.45, 2.75) is 31.3 Å². The van der Waals surface area contributed by atoms with Crippen molar-refractivity contribution < 1.29 is 9.53 Å². The van der Waals surface area contributed by atoms with Gasteiger partial charge in [-0.2, -0.15) is 0 Å². The summed E-state index contributed by atoms with van der Waals surface area (Å²) in [6, 6.07) is 6.69. The van der Waals surface area contributed by atoms with E-state index in [2.05, 4.69) is 22.4 Å². The summed E-state index contributed by atoms with van der Waals surface area (Å²) in [4.78, 5) is 17.4. The third kappa shape index (κ3) is 1.83. The predicted octanol–water partition coefficient (Wildman–Crippen LogP) is 2.23. The first kappa shape index (κ1) is 13.8. The summed E-state index contributed by atoms with van der Waals surface area (Å²) >= 11 is 0. The number of benzene rings is 1. The molecule has 3 aliphatic heterocycles. The Hall–Kier alpha value is -1.81. The number of ether oxygens (including phenoxy) is 1. The molecule has 1 amide bonds. The number of amides is 1. The number of rotatable bonds is 3. The largest absolute Gasteiger partial charge is 0.497 e. The molecule has 4 heteroatoms. The number of hydrogen-bond donors (Lipinski definition) is 0. The Morgan fingerprint density at radius 3 is 3.09 bits per heavy atom. The van der Waals surface area contributed by atoms with Gasteiger partial charge in [0, 0.05) is 18.3 Å². The van der Waals surface area contributed by atoms with E-state index < -0.39 is 0 Å². The Morgan fingerprint density at radius 1 is 1.45 bits per heavy atom. The Balaban J connectivity index is 1.71. The Kier molecular flexibility index (Phi) is 3.22. The number of nitrogens with zero attached hydrogens (tertiary/aromatic N) is 2. The minimum absolute atomic E-state index is 0.161. The molecule has 3 aliphatic rings. The van der Waals surface area contributed by atoms with Crippen molar-refractivity contribution in [1.29, 1.82) is 0 Å². The summed E-state index contributed by atoms with van der Waals surface area (Å²) in [6.45, 7) is 5.83. The zero-order chi connectivity index (χ0) is 15.3. The van der Waals surface area contributed by atoms with Gasteiger partial charge in [-0.15, -0.1) is 6.58 Å². The highest BCUT2D eigenvalue weighted by Gasteiger charge is 2.54. The fraction of sp³-hybridized carbons (Fsp3) is 0.500. The number of carbonyl (C=O) groups excluding carboxylic acids is 1. The maximum absolute atomic E-state index is 12.9. The van der Waals surface area contributed by atoms with E-state index in [-0.39, 0.29) is 12.0 Å². The van der Waals surface area contributed by atoms with Gasteiger partial charge in [0.2, 0.25) is 5.91 Å². The summed E-state index contributed by atoms with van der Waals surface area (Å²) in [5.41, 5.74) is 2.32. The molecule has 3 heterocycles. The van der Waals surface area contributed by atoms with Crippen LogP contribution in [0.2, 0.25) is 0 Å². The lowest BCUT2D eigenvalue weighted by Gasteiger charge is -2.37. The lowest BCUT2D eigenvalue weighted by Crippen LogP contribution is -2.49. The number of fused-ring (bicyclic) bond motifs is 5. The van der Waals surface area contributed by atoms with Crippen molar-refractivity contribution in [3.63, 3.8) is 0 Å². The smallest absolute Gasteiger partial charge is 0.232 e. The van der Waals surface area contributed by atoms with Crippen molar-refractivity contribution >= 4 is 11.6 Å². The predicted molar refractivity (Wildman–Crippen MR) is 86.3 cm³/mol. The average molecular weight is 298 g/mol. The number of likely N-dealkylation sites (tertiary alicyclic amines) is 1. The quantitative estimate of drug-likeness (QED) is 0.802. The number of hydrogen-bond acceptors (Lipinski definition) is 3. The van der Waals surface area contributed by atoms with Crippen LogP contribution in [0, 0.1) is 5.92 Å². The van der Waals surface area contributed by atoms with Gasteiger partial charge in [-0.05, 0) is 49.6 Å². The molecule has 3 unspecified atom stereocenters. The third-order valence-corrected chi connectivity index (χ3v) is 5.41. The van der Waals surface area contributed by atoms with Crippen molar-refractivity contribution in [1.82, 2.24) is 4.90 Å². The van der Waals surface area contributed by atoms with Crippen molar-refractivity contribution in [2.24, 2.45) is 5.92 Å². The molecule has 2 saturated heterocycles. The molecule has 0 radical (unpaired) electrons. The van der Waals surface area contributed by atoms with Gasteiger partial charge < -0.3 is 9.64 Å². The van der Waals surface area contributed by atoms with E-state index in [1.807, 2.05) is 18.2 Å². The molecular weight excluding hydrogens is 276 g/mol. The van der Waals surface area contributed by atoms with E-state index in [1.54, 1.807) is 7.11 Å². The standard InChI is InChI=1S/C18H22N2O2/c1-3-8-19-9-4-5-14-17(19)16-11-12-10-13(22-2)6-7-15(12)20(16)18(14)21/h3,6-7,10,14,16-17H,1,4-5,8-9,11H2,2H3. The molecule has 4 nitrogen and oxygen atoms in total. The van der Waals surface area contributed by atoms with Gasteiger partial charge in [-0.25, -0.2) is 0 Å². The Morgan fingerprint density at radius 2 is 2.32 bits per heavy atom. The number of carbonyl (C=O) groups is 1. The molecule has 3 atom stereocenters. The van der Waals surface area contributed by atoms with Crippen LogP contribution in [0.1, 0.15) is 18.4 Å². The maximum Gasteiger partial charge on any atom is 0.232 e. The normalized spacial score (nSPS) is 30.0. The van der Waals surface area contributed by atoms with Crippen LogP contribution >= 0.6 is 0 Å². The summed E-state index contributed by atoms with van der Waals surface area (Å²) < 4.78 is 5.33. The highest BCUT2D eigenvalue weighted by molar-refractivity contribution is 6.01. The Bertz CT molecular complexity index is 628. The molecule has 0 aliphatic carbocycles. The monoisotopic (exact) mass is 298 g/mol. The molecule has 2 fully saturated rings. The first-order valence-electron chi connectivity index (χ1n) is 8.09. The highest BCUT2D eigenvalue weighted by Crippen LogP contribution is 2.46. The molecule has 0 spiro atoms. The second kappa shape index (κ2) is 5.13. The summed E-state index contributed by atoms with van der Waals surface area (Å²) in [7, 11) is 1.69. The lowest BCUT2D eigenvalue weighted by molar-refractivity contribution is -0.122. The first-order chi connectivity index (χ1) is 10.7. The van der Waals surface area contributed by atoms with E-state index in [4.69, 9.17) is 4.74 Å². The molecule has 0 aromatic heterocycles. The van der Waals surface area contributed by atoms with Gasteiger partial charge in [-0.3, -0.25) is 9.69 Å². The van der Waals surface area contributed by atoms with E-state index in [9.17, 15) is 4.79 Å². The molecular formula is C18H22N2O2. The molecule has 116 valence electrons. The zero-order valence-electron chi connectivity index (χ0n) is 13.0. The highest BCUT2D eigenvalue weighted by atomic mass is 16.5. The fourth-order valence-electron chi connectivity index (χ4n) is 4.57. The molecule has 1 aromatic carbocycles. The van der Waals surface area contributed by atoms with Crippen LogP contribution in [-0.4, -0.2) is 43.1 Å². The van der Waals surface area contributed by atoms with Gasteiger partial charge in [0.15, 0.2) is 0 Å². The van der Waals surface area contributed by atoms with Gasteiger partial charge in [0.25, 0.3) is 0 Å². The number of anilines is 1. The maximum atomic E-state index is 12.9. The van der Waals surface area contributed by atoms with E-state index >= 15 is 0 Å². The molecule has 0 bridgehead atoms. The van der Waals surface area contributed by atoms with Crippen LogP contribution < -0.4 is 9.64 Å². The van der Waals surface area contributed by atoms with Crippen LogP contribution in [0.3, 0.4) is 0 Å². The average Bonchev–Trinajstić information content (AvgIpc) is 3.04. The minimum atomic E-state index is 0.161. The van der Waals surface area contributed by atoms with E-state index in [0.29, 0.717) is 11.9 Å². The topological polar surface area (TPSA) is 32.8 Å². The zero-order valence-corrected chi connectivity index (χ0v) is 13.0. The lowest BCUT2D eigenvalue weighted by atomic mass is 9.86. The van der Waals surface area contributed by atoms with E-state index in [1.165, 1.54) is 5.56 Å². The number of methoxy groups -OCH3 is 1. The van der Waals surface area contributed by atoms with E-state index in [0.717, 1.165) is 43.8 Å². The Labute approximate surface area is 131 Å². The summed E-state index contributed by atoms with van der Waals surface area (Å²) in [5.74, 6) is 1.34. The second-order valence-electron chi connectivity index (χ2n) is 6.50. The van der Waals surface area contributed by atoms with Gasteiger partial charge in [-0.1, -0.05) is 6.08 Å². The van der Waals surface area contributed by atoms with Crippen LogP contribution in [0.25, 0.3) is 0 Å². The first-order valence-corrected chi connectivity index (χ1v) is 8.09. The van der Waals surface area contributed by atoms with Crippen LogP contribution in [0.5, 0.6) is 5.75 Å². The van der Waals surface area contributed by atoms with Gasteiger partial charge >= 0.3 is 0 Å². The number of piperidine rings is 1. The summed E-state index contributed by atoms with van der Waals surface area (Å²) in [5, 5.41) is 0. The van der Waals surface area contributed by atoms with Crippen molar-refractivity contribution in [2.75, 3.05) is 25.1 Å². The minimum Gasteiger partial charge on any atom is -0.497 e. The van der Waals surface area contributed by atoms with Crippen LogP contribution in [-0.2, 0) is 11.2 Å². The van der Waals surface area contributed by atoms with Crippen LogP contribution in [0.4, 0.5) is 5.69 Å². The third-order valence-electron chi connectivity index (χ3n) is 5.41. The molecule has 0 saturated carbocycles.